The summed E-state index contributed by atoms with van der Waals surface area (Å²) in [6.07, 6.45) is 3.55. The normalized spacial score (nSPS) is 11.7. The van der Waals surface area contributed by atoms with E-state index in [9.17, 15) is 4.79 Å². The minimum Gasteiger partial charge on any atom is -0.491 e. The monoisotopic (exact) mass is 327 g/mol. The van der Waals surface area contributed by atoms with E-state index in [1.807, 2.05) is 38.2 Å². The molecule has 0 radical (unpaired) electrons. The molecule has 5 heteroatoms. The molecule has 1 heterocycles. The van der Waals surface area contributed by atoms with Crippen LogP contribution in [-0.2, 0) is 0 Å². The predicted octanol–water partition coefficient (Wildman–Crippen LogP) is 3.00. The Balaban J connectivity index is 2.05. The molecule has 0 fully saturated rings. The van der Waals surface area contributed by atoms with Crippen LogP contribution >= 0.6 is 0 Å². The zero-order valence-corrected chi connectivity index (χ0v) is 15.0. The lowest BCUT2D eigenvalue weighted by molar-refractivity contribution is 0.0827. The van der Waals surface area contributed by atoms with Crippen molar-refractivity contribution >= 4 is 11.6 Å². The molecule has 0 bridgehead atoms. The van der Waals surface area contributed by atoms with Crippen molar-refractivity contribution in [3.05, 3.63) is 53.9 Å². The molecule has 0 aliphatic rings. The Labute approximate surface area is 143 Å². The Morgan fingerprint density at radius 1 is 1.17 bits per heavy atom. The predicted molar refractivity (Wildman–Crippen MR) is 96.8 cm³/mol. The number of hydrogen-bond donors (Lipinski definition) is 0. The van der Waals surface area contributed by atoms with Gasteiger partial charge >= 0.3 is 0 Å². The summed E-state index contributed by atoms with van der Waals surface area (Å²) in [5.41, 5.74) is 2.74. The topological polar surface area (TPSA) is 45.7 Å². The van der Waals surface area contributed by atoms with Crippen LogP contribution in [0, 0.1) is 6.92 Å². The van der Waals surface area contributed by atoms with Crippen LogP contribution in [0.4, 0.5) is 5.69 Å². The van der Waals surface area contributed by atoms with Gasteiger partial charge in [0, 0.05) is 44.8 Å². The van der Waals surface area contributed by atoms with Gasteiger partial charge in [-0.1, -0.05) is 0 Å². The zero-order chi connectivity index (χ0) is 17.7. The third-order valence-electron chi connectivity index (χ3n) is 3.93. The molecule has 5 nitrogen and oxygen atoms in total. The molecule has 1 unspecified atom stereocenters. The third-order valence-corrected chi connectivity index (χ3v) is 3.93. The quantitative estimate of drug-likeness (QED) is 0.818. The highest BCUT2D eigenvalue weighted by molar-refractivity contribution is 5.94. The molecule has 0 saturated carbocycles. The number of amides is 1. The number of nitrogens with zero attached hydrogens (tertiary/aromatic N) is 3. The first kappa shape index (κ1) is 17.8. The molecule has 1 aromatic heterocycles. The fraction of sp³-hybridized carbons (Fsp3) is 0.368. The van der Waals surface area contributed by atoms with Crippen molar-refractivity contribution in [2.45, 2.75) is 19.9 Å². The highest BCUT2D eigenvalue weighted by atomic mass is 16.5. The lowest BCUT2D eigenvalue weighted by Crippen LogP contribution is -2.34. The number of carbonyl (C=O) groups excluding carboxylic acids is 1. The van der Waals surface area contributed by atoms with Gasteiger partial charge in [-0.3, -0.25) is 9.78 Å². The van der Waals surface area contributed by atoms with E-state index in [0.717, 1.165) is 17.0 Å². The van der Waals surface area contributed by atoms with Gasteiger partial charge in [0.1, 0.15) is 12.4 Å². The Kier molecular flexibility index (Phi) is 5.79. The Hall–Kier alpha value is -2.56. The second-order valence-electron chi connectivity index (χ2n) is 6.21. The maximum atomic E-state index is 12.1. The fourth-order valence-corrected chi connectivity index (χ4v) is 2.38. The van der Waals surface area contributed by atoms with E-state index in [4.69, 9.17) is 4.74 Å². The van der Waals surface area contributed by atoms with Crippen molar-refractivity contribution in [3.8, 4) is 5.75 Å². The molecule has 0 spiro atoms. The first-order chi connectivity index (χ1) is 11.4. The van der Waals surface area contributed by atoms with Gasteiger partial charge < -0.3 is 14.5 Å². The van der Waals surface area contributed by atoms with Gasteiger partial charge in [0.2, 0.25) is 0 Å². The van der Waals surface area contributed by atoms with Crippen molar-refractivity contribution in [3.63, 3.8) is 0 Å². The van der Waals surface area contributed by atoms with Crippen LogP contribution in [0.1, 0.15) is 22.8 Å². The molecular formula is C19H25N3O2. The van der Waals surface area contributed by atoms with Crippen molar-refractivity contribution in [1.29, 1.82) is 0 Å². The zero-order valence-electron chi connectivity index (χ0n) is 15.0. The summed E-state index contributed by atoms with van der Waals surface area (Å²) in [5.74, 6) is 0.695. The van der Waals surface area contributed by atoms with Crippen molar-refractivity contribution in [2.75, 3.05) is 32.6 Å². The van der Waals surface area contributed by atoms with Crippen LogP contribution in [-0.4, -0.2) is 49.6 Å². The summed E-state index contributed by atoms with van der Waals surface area (Å²) >= 11 is 0. The van der Waals surface area contributed by atoms with Crippen molar-refractivity contribution < 1.29 is 9.53 Å². The van der Waals surface area contributed by atoms with Gasteiger partial charge in [0.15, 0.2) is 0 Å². The number of anilines is 1. The first-order valence-electron chi connectivity index (χ1n) is 7.97. The number of aryl methyl sites for hydroxylation is 1. The standard InChI is InChI=1S/C19H25N3O2/c1-14-10-16(19(23)21(3)4)12-18(11-14)24-13-15(2)22(5)17-6-8-20-9-7-17/h6-12,15H,13H2,1-5H3. The number of likely N-dealkylation sites (N-methyl/N-ethyl adjacent to an activating group) is 1. The Bertz CT molecular complexity index is 686. The van der Waals surface area contributed by atoms with E-state index in [0.29, 0.717) is 12.2 Å². The lowest BCUT2D eigenvalue weighted by Gasteiger charge is -2.27. The van der Waals surface area contributed by atoms with Crippen molar-refractivity contribution in [2.24, 2.45) is 0 Å². The average molecular weight is 327 g/mol. The van der Waals surface area contributed by atoms with Crippen LogP contribution in [0.2, 0.25) is 0 Å². The third kappa shape index (κ3) is 4.47. The van der Waals surface area contributed by atoms with Gasteiger partial charge in [-0.05, 0) is 49.7 Å². The maximum absolute atomic E-state index is 12.1. The van der Waals surface area contributed by atoms with E-state index in [1.54, 1.807) is 37.5 Å². The van der Waals surface area contributed by atoms with Crippen LogP contribution in [0.5, 0.6) is 5.75 Å². The second kappa shape index (κ2) is 7.81. The van der Waals surface area contributed by atoms with Gasteiger partial charge in [-0.25, -0.2) is 0 Å². The first-order valence-corrected chi connectivity index (χ1v) is 7.97. The Morgan fingerprint density at radius 2 is 1.83 bits per heavy atom. The van der Waals surface area contributed by atoms with Crippen LogP contribution in [0.15, 0.2) is 42.7 Å². The summed E-state index contributed by atoms with van der Waals surface area (Å²) < 4.78 is 5.93. The number of aromatic nitrogens is 1. The van der Waals surface area contributed by atoms with E-state index >= 15 is 0 Å². The minimum atomic E-state index is -0.0227. The van der Waals surface area contributed by atoms with Crippen LogP contribution < -0.4 is 9.64 Å². The number of benzene rings is 1. The van der Waals surface area contributed by atoms with Crippen LogP contribution in [0.3, 0.4) is 0 Å². The number of pyridine rings is 1. The molecule has 1 amide bonds. The summed E-state index contributed by atoms with van der Waals surface area (Å²) in [6.45, 7) is 4.59. The second-order valence-corrected chi connectivity index (χ2v) is 6.21. The molecule has 1 atom stereocenters. The summed E-state index contributed by atoms with van der Waals surface area (Å²) in [5, 5.41) is 0. The van der Waals surface area contributed by atoms with Crippen LogP contribution in [0.25, 0.3) is 0 Å². The number of rotatable bonds is 6. The Morgan fingerprint density at radius 3 is 2.46 bits per heavy atom. The van der Waals surface area contributed by atoms with E-state index in [1.165, 1.54) is 0 Å². The number of hydrogen-bond acceptors (Lipinski definition) is 4. The van der Waals surface area contributed by atoms with Gasteiger partial charge in [-0.2, -0.15) is 0 Å². The van der Waals surface area contributed by atoms with Gasteiger partial charge in [0.25, 0.3) is 5.91 Å². The molecule has 128 valence electrons. The minimum absolute atomic E-state index is 0.0227. The van der Waals surface area contributed by atoms with E-state index < -0.39 is 0 Å². The fourth-order valence-electron chi connectivity index (χ4n) is 2.38. The smallest absolute Gasteiger partial charge is 0.253 e. The largest absolute Gasteiger partial charge is 0.491 e. The molecule has 0 aliphatic carbocycles. The highest BCUT2D eigenvalue weighted by Gasteiger charge is 2.13. The molecule has 2 aromatic rings. The maximum Gasteiger partial charge on any atom is 0.253 e. The number of ether oxygens (including phenoxy) is 1. The molecule has 2 rings (SSSR count). The van der Waals surface area contributed by atoms with E-state index in [-0.39, 0.29) is 11.9 Å². The highest BCUT2D eigenvalue weighted by Crippen LogP contribution is 2.19. The summed E-state index contributed by atoms with van der Waals surface area (Å²) in [7, 11) is 5.52. The SMILES string of the molecule is Cc1cc(OCC(C)N(C)c2ccncc2)cc(C(=O)N(C)C)c1. The molecular weight excluding hydrogens is 302 g/mol. The summed E-state index contributed by atoms with van der Waals surface area (Å²) in [6, 6.07) is 9.75. The van der Waals surface area contributed by atoms with Gasteiger partial charge in [0.05, 0.1) is 6.04 Å². The summed E-state index contributed by atoms with van der Waals surface area (Å²) in [4.78, 5) is 19.9. The number of carbonyl (C=O) groups is 1. The van der Waals surface area contributed by atoms with Crippen molar-refractivity contribution in [1.82, 2.24) is 9.88 Å². The molecule has 1 aromatic carbocycles. The molecule has 0 N–H and O–H groups in total. The van der Waals surface area contributed by atoms with Gasteiger partial charge in [-0.15, -0.1) is 0 Å². The molecule has 24 heavy (non-hydrogen) atoms. The molecule has 0 saturated heterocycles. The average Bonchev–Trinajstić information content (AvgIpc) is 2.58. The lowest BCUT2D eigenvalue weighted by atomic mass is 10.1. The molecule has 0 aliphatic heterocycles. The van der Waals surface area contributed by atoms with E-state index in [2.05, 4.69) is 16.8 Å².